The number of amides is 1. The van der Waals surface area contributed by atoms with Crippen molar-refractivity contribution in [2.24, 2.45) is 0 Å². The van der Waals surface area contributed by atoms with E-state index in [1.165, 1.54) is 0 Å². The Morgan fingerprint density at radius 2 is 2.00 bits per heavy atom. The molecular weight excluding hydrogens is 275 g/mol. The number of nitrogens with one attached hydrogen (secondary N) is 1. The molecule has 1 heterocycles. The maximum Gasteiger partial charge on any atom is 0.335 e. The number of rotatable bonds is 5. The summed E-state index contributed by atoms with van der Waals surface area (Å²) in [4.78, 5) is 22.8. The van der Waals surface area contributed by atoms with E-state index >= 15 is 0 Å². The lowest BCUT2D eigenvalue weighted by Gasteiger charge is -2.14. The predicted octanol–water partition coefficient (Wildman–Crippen LogP) is 2.92. The first-order chi connectivity index (χ1) is 9.97. The van der Waals surface area contributed by atoms with Gasteiger partial charge in [0.2, 0.25) is 5.91 Å². The Morgan fingerprint density at radius 3 is 2.62 bits per heavy atom. The second-order valence-corrected chi connectivity index (χ2v) is 4.73. The first-order valence-electron chi connectivity index (χ1n) is 6.42. The van der Waals surface area contributed by atoms with Gasteiger partial charge in [-0.25, -0.2) is 9.18 Å². The number of hydrogen-bond donors (Lipinski definition) is 2. The number of aromatic carboxylic acids is 1. The summed E-state index contributed by atoms with van der Waals surface area (Å²) in [5.74, 6) is -2.22. The summed E-state index contributed by atoms with van der Waals surface area (Å²) < 4.78 is 15.5. The zero-order chi connectivity index (χ0) is 15.4. The Labute approximate surface area is 121 Å². The van der Waals surface area contributed by atoms with Crippen molar-refractivity contribution in [3.05, 3.63) is 54.1 Å². The number of hydrogen-bond acceptors (Lipinski definition) is 2. The van der Waals surface area contributed by atoms with Crippen LogP contribution in [-0.4, -0.2) is 21.6 Å². The average molecular weight is 290 g/mol. The standard InChI is InChI=1S/C15H15FN2O3/c1-10(18-6-2-3-7-18)8-14(19)17-13-9-11(15(20)21)4-5-12(13)16/h2-7,9-10H,8H2,1H3,(H,17,19)(H,20,21)/t10-/m1/s1. The summed E-state index contributed by atoms with van der Waals surface area (Å²) in [6, 6.07) is 6.90. The topological polar surface area (TPSA) is 71.3 Å². The lowest BCUT2D eigenvalue weighted by atomic mass is 10.1. The quantitative estimate of drug-likeness (QED) is 0.889. The Morgan fingerprint density at radius 1 is 1.33 bits per heavy atom. The Kier molecular flexibility index (Phi) is 4.37. The number of nitrogens with zero attached hydrogens (tertiary/aromatic N) is 1. The number of halogens is 1. The van der Waals surface area contributed by atoms with E-state index in [4.69, 9.17) is 5.11 Å². The van der Waals surface area contributed by atoms with Crippen LogP contribution in [-0.2, 0) is 4.79 Å². The molecule has 0 spiro atoms. The SMILES string of the molecule is C[C@H](CC(=O)Nc1cc(C(=O)O)ccc1F)n1cccc1. The zero-order valence-electron chi connectivity index (χ0n) is 11.4. The van der Waals surface area contributed by atoms with Gasteiger partial charge in [0, 0.05) is 24.9 Å². The van der Waals surface area contributed by atoms with Crippen LogP contribution in [0.2, 0.25) is 0 Å². The highest BCUT2D eigenvalue weighted by Crippen LogP contribution is 2.18. The van der Waals surface area contributed by atoms with Crippen LogP contribution in [0.3, 0.4) is 0 Å². The summed E-state index contributed by atoms with van der Waals surface area (Å²) in [5.41, 5.74) is -0.204. The summed E-state index contributed by atoms with van der Waals surface area (Å²) in [5, 5.41) is 11.3. The third-order valence-corrected chi connectivity index (χ3v) is 3.10. The van der Waals surface area contributed by atoms with Gasteiger partial charge in [-0.3, -0.25) is 4.79 Å². The van der Waals surface area contributed by atoms with Crippen LogP contribution in [0.25, 0.3) is 0 Å². The van der Waals surface area contributed by atoms with E-state index in [2.05, 4.69) is 5.32 Å². The lowest BCUT2D eigenvalue weighted by Crippen LogP contribution is -2.18. The number of anilines is 1. The van der Waals surface area contributed by atoms with Crippen molar-refractivity contribution in [3.8, 4) is 0 Å². The van der Waals surface area contributed by atoms with Gasteiger partial charge in [-0.05, 0) is 37.3 Å². The number of carbonyl (C=O) groups excluding carboxylic acids is 1. The van der Waals surface area contributed by atoms with Crippen LogP contribution in [0.4, 0.5) is 10.1 Å². The van der Waals surface area contributed by atoms with Crippen LogP contribution in [0.15, 0.2) is 42.7 Å². The van der Waals surface area contributed by atoms with Gasteiger partial charge in [0.15, 0.2) is 0 Å². The monoisotopic (exact) mass is 290 g/mol. The molecule has 2 rings (SSSR count). The fourth-order valence-electron chi connectivity index (χ4n) is 1.97. The molecule has 0 fully saturated rings. The van der Waals surface area contributed by atoms with Gasteiger partial charge in [-0.1, -0.05) is 0 Å². The maximum atomic E-state index is 13.6. The highest BCUT2D eigenvalue weighted by molar-refractivity contribution is 5.94. The number of carboxylic acid groups (broad SMARTS) is 1. The van der Waals surface area contributed by atoms with Crippen LogP contribution in [0.1, 0.15) is 29.7 Å². The molecule has 6 heteroatoms. The number of carboxylic acids is 1. The van der Waals surface area contributed by atoms with Gasteiger partial charge >= 0.3 is 5.97 Å². The zero-order valence-corrected chi connectivity index (χ0v) is 11.4. The molecule has 0 saturated heterocycles. The van der Waals surface area contributed by atoms with Crippen molar-refractivity contribution in [1.82, 2.24) is 4.57 Å². The molecular formula is C15H15FN2O3. The van der Waals surface area contributed by atoms with Gasteiger partial charge in [0.1, 0.15) is 5.82 Å². The fourth-order valence-corrected chi connectivity index (χ4v) is 1.97. The van der Waals surface area contributed by atoms with Gasteiger partial charge in [-0.15, -0.1) is 0 Å². The second kappa shape index (κ2) is 6.21. The molecule has 0 radical (unpaired) electrons. The fraction of sp³-hybridized carbons (Fsp3) is 0.200. The minimum absolute atomic E-state index is 0.0780. The molecule has 5 nitrogen and oxygen atoms in total. The summed E-state index contributed by atoms with van der Waals surface area (Å²) in [6.45, 7) is 1.86. The Hall–Kier alpha value is -2.63. The van der Waals surface area contributed by atoms with E-state index in [9.17, 15) is 14.0 Å². The van der Waals surface area contributed by atoms with Gasteiger partial charge in [0.05, 0.1) is 11.3 Å². The highest BCUT2D eigenvalue weighted by atomic mass is 19.1. The van der Waals surface area contributed by atoms with E-state index < -0.39 is 11.8 Å². The number of carbonyl (C=O) groups is 2. The van der Waals surface area contributed by atoms with Crippen molar-refractivity contribution in [1.29, 1.82) is 0 Å². The second-order valence-electron chi connectivity index (χ2n) is 4.73. The molecule has 0 bridgehead atoms. The molecule has 1 amide bonds. The smallest absolute Gasteiger partial charge is 0.335 e. The van der Waals surface area contributed by atoms with Gasteiger partial charge in [0.25, 0.3) is 0 Å². The molecule has 0 unspecified atom stereocenters. The molecule has 110 valence electrons. The number of aromatic nitrogens is 1. The van der Waals surface area contributed by atoms with Crippen LogP contribution in [0.5, 0.6) is 0 Å². The molecule has 2 aromatic rings. The summed E-state index contributed by atoms with van der Waals surface area (Å²) >= 11 is 0. The summed E-state index contributed by atoms with van der Waals surface area (Å²) in [7, 11) is 0. The first kappa shape index (κ1) is 14.8. The molecule has 2 N–H and O–H groups in total. The van der Waals surface area contributed by atoms with Crippen molar-refractivity contribution < 1.29 is 19.1 Å². The third kappa shape index (κ3) is 3.68. The average Bonchev–Trinajstić information content (AvgIpc) is 2.95. The van der Waals surface area contributed by atoms with E-state index in [0.717, 1.165) is 18.2 Å². The normalized spacial score (nSPS) is 11.9. The largest absolute Gasteiger partial charge is 0.478 e. The van der Waals surface area contributed by atoms with Crippen LogP contribution in [0, 0.1) is 5.82 Å². The van der Waals surface area contributed by atoms with E-state index in [0.29, 0.717) is 0 Å². The van der Waals surface area contributed by atoms with E-state index in [1.54, 1.807) is 0 Å². The van der Waals surface area contributed by atoms with Gasteiger partial charge in [-0.2, -0.15) is 0 Å². The van der Waals surface area contributed by atoms with Gasteiger partial charge < -0.3 is 15.0 Å². The molecule has 0 aliphatic carbocycles. The Balaban J connectivity index is 2.05. The van der Waals surface area contributed by atoms with Crippen molar-refractivity contribution in [2.45, 2.75) is 19.4 Å². The highest BCUT2D eigenvalue weighted by Gasteiger charge is 2.14. The molecule has 21 heavy (non-hydrogen) atoms. The third-order valence-electron chi connectivity index (χ3n) is 3.10. The van der Waals surface area contributed by atoms with E-state index in [1.807, 2.05) is 36.0 Å². The first-order valence-corrected chi connectivity index (χ1v) is 6.42. The lowest BCUT2D eigenvalue weighted by molar-refractivity contribution is -0.116. The minimum atomic E-state index is -1.17. The van der Waals surface area contributed by atoms with Crippen molar-refractivity contribution in [3.63, 3.8) is 0 Å². The molecule has 1 atom stereocenters. The van der Waals surface area contributed by atoms with Crippen molar-refractivity contribution >= 4 is 17.6 Å². The van der Waals surface area contributed by atoms with Crippen LogP contribution >= 0.6 is 0 Å². The Bertz CT molecular complexity index is 653. The van der Waals surface area contributed by atoms with Crippen LogP contribution < -0.4 is 5.32 Å². The molecule has 1 aromatic heterocycles. The number of benzene rings is 1. The molecule has 1 aromatic carbocycles. The maximum absolute atomic E-state index is 13.6. The van der Waals surface area contributed by atoms with E-state index in [-0.39, 0.29) is 29.6 Å². The summed E-state index contributed by atoms with van der Waals surface area (Å²) in [6.07, 6.45) is 3.83. The molecule has 0 saturated carbocycles. The molecule has 0 aliphatic rings. The molecule has 0 aliphatic heterocycles. The minimum Gasteiger partial charge on any atom is -0.478 e. The van der Waals surface area contributed by atoms with Crippen molar-refractivity contribution in [2.75, 3.05) is 5.32 Å². The predicted molar refractivity (Wildman–Crippen MR) is 75.7 cm³/mol.